The number of carboxylic acid groups (broad SMARTS) is 1. The Morgan fingerprint density at radius 3 is 2.06 bits per heavy atom. The topological polar surface area (TPSA) is 121 Å². The molecule has 8 nitrogen and oxygen atoms in total. The van der Waals surface area contributed by atoms with E-state index in [1.165, 1.54) is 29.4 Å². The van der Waals surface area contributed by atoms with E-state index in [0.29, 0.717) is 42.5 Å². The number of nitrogens with one attached hydrogen (secondary N) is 1. The third kappa shape index (κ3) is 7.37. The van der Waals surface area contributed by atoms with Gasteiger partial charge in [0.25, 0.3) is 0 Å². The van der Waals surface area contributed by atoms with Crippen molar-refractivity contribution in [3.8, 4) is 5.75 Å². The molecule has 0 amide bonds. The van der Waals surface area contributed by atoms with Gasteiger partial charge in [-0.25, -0.2) is 4.79 Å². The highest BCUT2D eigenvalue weighted by Gasteiger charge is 2.26. The van der Waals surface area contributed by atoms with Crippen LogP contribution in [0.2, 0.25) is 0 Å². The quantitative estimate of drug-likeness (QED) is 0.123. The first-order chi connectivity index (χ1) is 25.3. The predicted octanol–water partition coefficient (Wildman–Crippen LogP) is 9.19. The molecule has 2 aliphatic rings. The van der Waals surface area contributed by atoms with Gasteiger partial charge in [0, 0.05) is 60.8 Å². The van der Waals surface area contributed by atoms with Gasteiger partial charge in [0.15, 0.2) is 5.78 Å². The van der Waals surface area contributed by atoms with E-state index in [1.54, 1.807) is 25.1 Å². The number of phenolic OH excluding ortho intramolecular Hbond substituents is 1. The molecular weight excluding hydrogens is 649 g/mol. The number of nitrogens with zero attached hydrogens (tertiary/aromatic N) is 3. The number of carbonyl (C=O) groups excluding carboxylic acids is 1. The normalized spacial score (nSPS) is 13.9. The molecule has 0 atom stereocenters. The van der Waals surface area contributed by atoms with E-state index in [-0.39, 0.29) is 11.5 Å². The maximum atomic E-state index is 12.0. The van der Waals surface area contributed by atoms with Crippen LogP contribution in [-0.4, -0.2) is 41.5 Å². The zero-order chi connectivity index (χ0) is 35.8. The smallest absolute Gasteiger partial charge is 0.337 e. The highest BCUT2D eigenvalue weighted by molar-refractivity contribution is 5.95. The summed E-state index contributed by atoms with van der Waals surface area (Å²) in [7, 11) is 0. The number of hydrogen-bond acceptors (Lipinski definition) is 5. The molecule has 0 saturated heterocycles. The fourth-order valence-electron chi connectivity index (χ4n) is 7.02. The molecule has 3 N–H and O–H groups in total. The molecule has 52 heavy (non-hydrogen) atoms. The lowest BCUT2D eigenvalue weighted by molar-refractivity contribution is 0.0695. The second kappa shape index (κ2) is 13.9. The van der Waals surface area contributed by atoms with Gasteiger partial charge < -0.3 is 19.8 Å². The van der Waals surface area contributed by atoms with Gasteiger partial charge in [-0.2, -0.15) is 0 Å². The van der Waals surface area contributed by atoms with Gasteiger partial charge in [0.2, 0.25) is 0 Å². The third-order valence-corrected chi connectivity index (χ3v) is 10.1. The molecule has 8 heteroatoms. The second-order valence-electron chi connectivity index (χ2n) is 14.2. The zero-order valence-corrected chi connectivity index (χ0v) is 29.0. The maximum Gasteiger partial charge on any atom is 0.337 e. The Morgan fingerprint density at radius 1 is 0.750 bits per heavy atom. The Labute approximate surface area is 301 Å². The van der Waals surface area contributed by atoms with Crippen LogP contribution in [-0.2, 0) is 19.4 Å². The van der Waals surface area contributed by atoms with Gasteiger partial charge in [-0.15, -0.1) is 0 Å². The number of Topliss-reactive ketones (excluding diaryl/α,β-unsaturated/α-hetero) is 1. The van der Waals surface area contributed by atoms with Gasteiger partial charge >= 0.3 is 5.97 Å². The lowest BCUT2D eigenvalue weighted by Gasteiger charge is -2.09. The molecule has 2 saturated carbocycles. The van der Waals surface area contributed by atoms with E-state index in [2.05, 4.69) is 68.0 Å². The molecule has 3 aromatic carbocycles. The number of rotatable bonds is 10. The first-order valence-corrected chi connectivity index (χ1v) is 17.9. The van der Waals surface area contributed by atoms with Gasteiger partial charge in [-0.05, 0) is 144 Å². The average molecular weight is 689 g/mol. The number of pyridine rings is 2. The summed E-state index contributed by atoms with van der Waals surface area (Å²) in [6, 6.07) is 27.8. The van der Waals surface area contributed by atoms with Crippen molar-refractivity contribution in [2.75, 3.05) is 0 Å². The number of aromatic carboxylic acids is 1. The number of hydrogen-bond donors (Lipinski definition) is 3. The van der Waals surface area contributed by atoms with Crippen molar-refractivity contribution in [3.63, 3.8) is 0 Å². The fraction of sp³-hybridized carbons (Fsp3) is 0.227. The molecule has 9 rings (SSSR count). The van der Waals surface area contributed by atoms with Crippen LogP contribution in [0.5, 0.6) is 5.75 Å². The number of aromatic amines is 1. The molecule has 7 aromatic rings. The minimum Gasteiger partial charge on any atom is -0.508 e. The summed E-state index contributed by atoms with van der Waals surface area (Å²) in [4.78, 5) is 36.0. The van der Waals surface area contributed by atoms with Crippen LogP contribution in [0.4, 0.5) is 0 Å². The standard InChI is InChI=1S/C25H22N2O3.C19H18N2O/c28-21-3-1-2-17(11-21)15-27-9-8-19-10-16(4-7-24(19)27)12-23-22(25(29)30)13-20(14-26-23)18-5-6-18;1-12(22)17-10-16(14-3-4-14)11-21-19(17)9-13-2-5-18-15(8-13)6-7-20-18/h1-4,7-11,13-14,18,28H,5-6,12,15H2,(H,29,30);2,5-8,10-11,14,20H,3-4,9H2,1H3. The van der Waals surface area contributed by atoms with E-state index in [9.17, 15) is 19.8 Å². The predicted molar refractivity (Wildman–Crippen MR) is 202 cm³/mol. The summed E-state index contributed by atoms with van der Waals surface area (Å²) in [5.41, 5.74) is 10.3. The molecule has 0 aliphatic heterocycles. The molecule has 260 valence electrons. The lowest BCUT2D eigenvalue weighted by atomic mass is 9.99. The number of aromatic nitrogens is 4. The molecule has 4 aromatic heterocycles. The summed E-state index contributed by atoms with van der Waals surface area (Å²) in [6.45, 7) is 2.30. The van der Waals surface area contributed by atoms with E-state index in [0.717, 1.165) is 57.2 Å². The summed E-state index contributed by atoms with van der Waals surface area (Å²) in [5, 5.41) is 21.6. The van der Waals surface area contributed by atoms with Crippen LogP contribution in [0.25, 0.3) is 21.8 Å². The number of ketones is 1. The van der Waals surface area contributed by atoms with Crippen LogP contribution >= 0.6 is 0 Å². The minimum atomic E-state index is -0.918. The Bertz CT molecular complexity index is 2450. The minimum absolute atomic E-state index is 0.104. The fourth-order valence-corrected chi connectivity index (χ4v) is 7.02. The number of fused-ring (bicyclic) bond motifs is 2. The van der Waals surface area contributed by atoms with Crippen LogP contribution < -0.4 is 0 Å². The summed E-state index contributed by atoms with van der Waals surface area (Å²) in [5.74, 6) is 0.551. The molecule has 0 unspecified atom stereocenters. The summed E-state index contributed by atoms with van der Waals surface area (Å²) in [6.07, 6.45) is 13.6. The van der Waals surface area contributed by atoms with E-state index in [1.807, 2.05) is 43.0 Å². The maximum absolute atomic E-state index is 12.0. The monoisotopic (exact) mass is 688 g/mol. The van der Waals surface area contributed by atoms with Gasteiger partial charge in [-0.1, -0.05) is 24.3 Å². The number of aromatic hydroxyl groups is 1. The Hall–Kier alpha value is -6.02. The highest BCUT2D eigenvalue weighted by Crippen LogP contribution is 2.41. The Balaban J connectivity index is 0.000000156. The van der Waals surface area contributed by atoms with Crippen molar-refractivity contribution in [3.05, 3.63) is 160 Å². The first-order valence-electron chi connectivity index (χ1n) is 17.9. The van der Waals surface area contributed by atoms with E-state index < -0.39 is 5.97 Å². The largest absolute Gasteiger partial charge is 0.508 e. The van der Waals surface area contributed by atoms with E-state index >= 15 is 0 Å². The van der Waals surface area contributed by atoms with E-state index in [4.69, 9.17) is 0 Å². The molecular formula is C44H40N4O4. The number of carboxylic acids is 1. The molecule has 0 spiro atoms. The Kier molecular flexibility index (Phi) is 8.89. The third-order valence-electron chi connectivity index (χ3n) is 10.1. The number of H-pyrrole nitrogens is 1. The average Bonchev–Trinajstić information content (AvgIpc) is 4.08. The van der Waals surface area contributed by atoms with Crippen molar-refractivity contribution in [1.29, 1.82) is 0 Å². The van der Waals surface area contributed by atoms with Crippen LogP contribution in [0, 0.1) is 0 Å². The molecule has 0 bridgehead atoms. The van der Waals surface area contributed by atoms with Gasteiger partial charge in [-0.3, -0.25) is 14.8 Å². The second-order valence-corrected chi connectivity index (χ2v) is 14.2. The lowest BCUT2D eigenvalue weighted by Crippen LogP contribution is -2.07. The van der Waals surface area contributed by atoms with Crippen molar-refractivity contribution in [2.24, 2.45) is 0 Å². The number of carbonyl (C=O) groups is 2. The number of phenols is 1. The first kappa shape index (κ1) is 33.1. The van der Waals surface area contributed by atoms with Gasteiger partial charge in [0.1, 0.15) is 5.75 Å². The van der Waals surface area contributed by atoms with Crippen molar-refractivity contribution < 1.29 is 19.8 Å². The van der Waals surface area contributed by atoms with Crippen molar-refractivity contribution in [1.82, 2.24) is 19.5 Å². The Morgan fingerprint density at radius 2 is 1.40 bits per heavy atom. The van der Waals surface area contributed by atoms with Crippen molar-refractivity contribution in [2.45, 2.75) is 63.8 Å². The van der Waals surface area contributed by atoms with Crippen LogP contribution in [0.1, 0.15) is 104 Å². The van der Waals surface area contributed by atoms with Crippen LogP contribution in [0.3, 0.4) is 0 Å². The SMILES string of the molecule is CC(=O)c1cc(C2CC2)cnc1Cc1ccc2[nH]ccc2c1.O=C(O)c1cc(C2CC2)cnc1Cc1ccc2c(ccn2Cc2cccc(O)c2)c1. The molecule has 0 radical (unpaired) electrons. The molecule has 2 fully saturated rings. The van der Waals surface area contributed by atoms with Crippen LogP contribution in [0.15, 0.2) is 110 Å². The number of benzene rings is 3. The van der Waals surface area contributed by atoms with Crippen molar-refractivity contribution >= 4 is 33.6 Å². The summed E-state index contributed by atoms with van der Waals surface area (Å²) < 4.78 is 2.14. The zero-order valence-electron chi connectivity index (χ0n) is 29.0. The highest BCUT2D eigenvalue weighted by atomic mass is 16.4. The summed E-state index contributed by atoms with van der Waals surface area (Å²) >= 11 is 0. The molecule has 2 aliphatic carbocycles. The van der Waals surface area contributed by atoms with Gasteiger partial charge in [0.05, 0.1) is 17.0 Å². The molecule has 4 heterocycles.